The molecule has 0 amide bonds. The molecule has 0 radical (unpaired) electrons. The molecule has 6 heteroatoms. The Morgan fingerprint density at radius 2 is 2.05 bits per heavy atom. The Kier molecular flexibility index (Phi) is 4.88. The van der Waals surface area contributed by atoms with Crippen molar-refractivity contribution in [1.29, 1.82) is 0 Å². The predicted octanol–water partition coefficient (Wildman–Crippen LogP) is 1.90. The van der Waals surface area contributed by atoms with Gasteiger partial charge >= 0.3 is 5.97 Å². The van der Waals surface area contributed by atoms with Crippen molar-refractivity contribution in [3.63, 3.8) is 0 Å². The molecule has 1 aliphatic rings. The van der Waals surface area contributed by atoms with Crippen LogP contribution < -0.4 is 4.74 Å². The van der Waals surface area contributed by atoms with Crippen molar-refractivity contribution in [2.45, 2.75) is 19.8 Å². The van der Waals surface area contributed by atoms with Crippen LogP contribution in [0.5, 0.6) is 5.75 Å². The first kappa shape index (κ1) is 15.8. The lowest BCUT2D eigenvalue weighted by molar-refractivity contribution is -0.145. The first-order chi connectivity index (χ1) is 9.87. The Morgan fingerprint density at radius 1 is 1.38 bits per heavy atom. The Balaban J connectivity index is 1.98. The van der Waals surface area contributed by atoms with Crippen LogP contribution in [0.25, 0.3) is 0 Å². The minimum absolute atomic E-state index is 0.0729. The van der Waals surface area contributed by atoms with Crippen molar-refractivity contribution in [3.8, 4) is 5.75 Å². The normalized spacial score (nSPS) is 19.9. The number of carbonyl (C=O) groups is 1. The van der Waals surface area contributed by atoms with Gasteiger partial charge in [0.1, 0.15) is 22.2 Å². The maximum Gasteiger partial charge on any atom is 0.310 e. The maximum atomic E-state index is 11.4. The number of carboxylic acids is 1. The van der Waals surface area contributed by atoms with Crippen LogP contribution in [0.2, 0.25) is 0 Å². The van der Waals surface area contributed by atoms with Gasteiger partial charge < -0.3 is 9.84 Å². The van der Waals surface area contributed by atoms with Crippen molar-refractivity contribution in [3.05, 3.63) is 29.8 Å². The molecule has 1 aliphatic heterocycles. The van der Waals surface area contributed by atoms with E-state index in [9.17, 15) is 18.3 Å². The number of hydrogen-bond acceptors (Lipinski definition) is 4. The maximum absolute atomic E-state index is 11.4. The van der Waals surface area contributed by atoms with Crippen LogP contribution >= 0.6 is 0 Å². The highest BCUT2D eigenvalue weighted by atomic mass is 32.2. The van der Waals surface area contributed by atoms with E-state index in [4.69, 9.17) is 4.74 Å². The highest BCUT2D eigenvalue weighted by Crippen LogP contribution is 2.27. The molecule has 1 N–H and O–H groups in total. The van der Waals surface area contributed by atoms with E-state index in [1.165, 1.54) is 0 Å². The smallest absolute Gasteiger partial charge is 0.310 e. The third-order valence-corrected chi connectivity index (χ3v) is 5.62. The van der Waals surface area contributed by atoms with E-state index in [1.807, 2.05) is 25.1 Å². The van der Waals surface area contributed by atoms with Gasteiger partial charge in [0.15, 0.2) is 0 Å². The second-order valence-electron chi connectivity index (χ2n) is 5.56. The van der Waals surface area contributed by atoms with Gasteiger partial charge in [-0.3, -0.25) is 4.79 Å². The number of hydrogen-bond donors (Lipinski definition) is 1. The third kappa shape index (κ3) is 4.46. The summed E-state index contributed by atoms with van der Waals surface area (Å²) >= 11 is 0. The molecule has 1 heterocycles. The van der Waals surface area contributed by atoms with Crippen molar-refractivity contribution < 1.29 is 23.1 Å². The lowest BCUT2D eigenvalue weighted by Gasteiger charge is -2.27. The molecule has 2 rings (SSSR count). The summed E-state index contributed by atoms with van der Waals surface area (Å²) in [5, 5.41) is 9.36. The molecule has 1 aromatic rings. The van der Waals surface area contributed by atoms with Gasteiger partial charge in [0.05, 0.1) is 17.4 Å². The quantitative estimate of drug-likeness (QED) is 0.898. The van der Waals surface area contributed by atoms with Gasteiger partial charge in [-0.05, 0) is 43.4 Å². The zero-order valence-corrected chi connectivity index (χ0v) is 12.8. The summed E-state index contributed by atoms with van der Waals surface area (Å²) in [5.41, 5.74) is 1.04. The zero-order valence-electron chi connectivity index (χ0n) is 12.0. The second kappa shape index (κ2) is 6.47. The molecular weight excluding hydrogens is 292 g/mol. The van der Waals surface area contributed by atoms with E-state index in [2.05, 4.69) is 0 Å². The van der Waals surface area contributed by atoms with Crippen LogP contribution in [0, 0.1) is 18.8 Å². The van der Waals surface area contributed by atoms with Crippen LogP contribution in [0.3, 0.4) is 0 Å². The van der Waals surface area contributed by atoms with Crippen molar-refractivity contribution in [2.75, 3.05) is 18.1 Å². The van der Waals surface area contributed by atoms with Crippen LogP contribution in [0.1, 0.15) is 18.4 Å². The van der Waals surface area contributed by atoms with Gasteiger partial charge in [-0.2, -0.15) is 0 Å². The van der Waals surface area contributed by atoms with Crippen molar-refractivity contribution >= 4 is 15.8 Å². The van der Waals surface area contributed by atoms with Gasteiger partial charge in [-0.15, -0.1) is 0 Å². The molecule has 0 aliphatic carbocycles. The fourth-order valence-corrected chi connectivity index (χ4v) is 4.14. The SMILES string of the molecule is Cc1cccc(OCC(C(=O)O)C2CCS(=O)(=O)CC2)c1. The van der Waals surface area contributed by atoms with E-state index < -0.39 is 21.7 Å². The van der Waals surface area contributed by atoms with Gasteiger partial charge in [0.25, 0.3) is 0 Å². The van der Waals surface area contributed by atoms with Crippen molar-refractivity contribution in [1.82, 2.24) is 0 Å². The summed E-state index contributed by atoms with van der Waals surface area (Å²) in [6, 6.07) is 7.43. The van der Waals surface area contributed by atoms with Gasteiger partial charge in [-0.25, -0.2) is 8.42 Å². The van der Waals surface area contributed by atoms with Gasteiger partial charge in [-0.1, -0.05) is 12.1 Å². The minimum Gasteiger partial charge on any atom is -0.493 e. The molecule has 0 spiro atoms. The molecule has 1 fully saturated rings. The van der Waals surface area contributed by atoms with E-state index in [-0.39, 0.29) is 24.0 Å². The van der Waals surface area contributed by atoms with Crippen LogP contribution in [-0.4, -0.2) is 37.6 Å². The fraction of sp³-hybridized carbons (Fsp3) is 0.533. The van der Waals surface area contributed by atoms with Crippen molar-refractivity contribution in [2.24, 2.45) is 11.8 Å². The summed E-state index contributed by atoms with van der Waals surface area (Å²) in [5.74, 6) is -0.939. The molecule has 116 valence electrons. The number of benzene rings is 1. The van der Waals surface area contributed by atoms with E-state index >= 15 is 0 Å². The molecule has 1 saturated heterocycles. The second-order valence-corrected chi connectivity index (χ2v) is 7.87. The van der Waals surface area contributed by atoms with Gasteiger partial charge in [0, 0.05) is 0 Å². The fourth-order valence-electron chi connectivity index (χ4n) is 2.61. The first-order valence-electron chi connectivity index (χ1n) is 7.00. The number of aliphatic carboxylic acids is 1. The Labute approximate surface area is 124 Å². The monoisotopic (exact) mass is 312 g/mol. The van der Waals surface area contributed by atoms with Crippen LogP contribution in [0.4, 0.5) is 0 Å². The van der Waals surface area contributed by atoms with E-state index in [1.54, 1.807) is 6.07 Å². The molecule has 21 heavy (non-hydrogen) atoms. The van der Waals surface area contributed by atoms with Crippen LogP contribution in [-0.2, 0) is 14.6 Å². The number of aryl methyl sites for hydroxylation is 1. The lowest BCUT2D eigenvalue weighted by atomic mass is 9.88. The Hall–Kier alpha value is -1.56. The Morgan fingerprint density at radius 3 is 2.62 bits per heavy atom. The summed E-state index contributed by atoms with van der Waals surface area (Å²) in [6.45, 7) is 2.01. The third-order valence-electron chi connectivity index (χ3n) is 3.90. The largest absolute Gasteiger partial charge is 0.493 e. The molecule has 1 unspecified atom stereocenters. The topological polar surface area (TPSA) is 80.7 Å². The Bertz CT molecular complexity index is 594. The minimum atomic E-state index is -2.98. The zero-order chi connectivity index (χ0) is 15.5. The molecule has 0 saturated carbocycles. The molecule has 0 bridgehead atoms. The van der Waals surface area contributed by atoms with Crippen LogP contribution in [0.15, 0.2) is 24.3 Å². The van der Waals surface area contributed by atoms with E-state index in [0.717, 1.165) is 5.56 Å². The highest BCUT2D eigenvalue weighted by molar-refractivity contribution is 7.91. The molecular formula is C15H20O5S. The molecule has 5 nitrogen and oxygen atoms in total. The molecule has 1 atom stereocenters. The highest BCUT2D eigenvalue weighted by Gasteiger charge is 2.34. The number of ether oxygens (including phenoxy) is 1. The standard InChI is InChI=1S/C15H20O5S/c1-11-3-2-4-13(9-11)20-10-14(15(16)17)12-5-7-21(18,19)8-6-12/h2-4,9,12,14H,5-8,10H2,1H3,(H,16,17). The predicted molar refractivity (Wildman–Crippen MR) is 79.2 cm³/mol. The molecule has 0 aromatic heterocycles. The number of sulfone groups is 1. The lowest BCUT2D eigenvalue weighted by Crippen LogP contribution is -2.35. The number of rotatable bonds is 5. The number of carboxylic acid groups (broad SMARTS) is 1. The summed E-state index contributed by atoms with van der Waals surface area (Å²) < 4.78 is 28.4. The summed E-state index contributed by atoms with van der Waals surface area (Å²) in [4.78, 5) is 11.4. The average Bonchev–Trinajstić information content (AvgIpc) is 2.40. The first-order valence-corrected chi connectivity index (χ1v) is 8.82. The van der Waals surface area contributed by atoms with E-state index in [0.29, 0.717) is 18.6 Å². The molecule has 1 aromatic carbocycles. The average molecular weight is 312 g/mol. The van der Waals surface area contributed by atoms with Gasteiger partial charge in [0.2, 0.25) is 0 Å². The summed E-state index contributed by atoms with van der Waals surface area (Å²) in [7, 11) is -2.98. The summed E-state index contributed by atoms with van der Waals surface area (Å²) in [6.07, 6.45) is 0.799.